The second-order valence-electron chi connectivity index (χ2n) is 4.99. The molecule has 0 saturated heterocycles. The first kappa shape index (κ1) is 13.2. The Kier molecular flexibility index (Phi) is 4.51. The summed E-state index contributed by atoms with van der Waals surface area (Å²) in [6, 6.07) is 5.93. The van der Waals surface area contributed by atoms with Crippen molar-refractivity contribution in [2.75, 3.05) is 0 Å². The lowest BCUT2D eigenvalue weighted by Crippen LogP contribution is -2.17. The minimum atomic E-state index is 0.0308. The molecule has 0 atom stereocenters. The quantitative estimate of drug-likeness (QED) is 0.804. The third-order valence-electron chi connectivity index (χ3n) is 3.07. The van der Waals surface area contributed by atoms with Crippen LogP contribution in [0.25, 0.3) is 0 Å². The molecule has 0 aliphatic rings. The third-order valence-corrected chi connectivity index (χ3v) is 3.07. The number of aliphatic hydroxyl groups is 2. The molecule has 0 spiro atoms. The van der Waals surface area contributed by atoms with Gasteiger partial charge in [0.15, 0.2) is 0 Å². The summed E-state index contributed by atoms with van der Waals surface area (Å²) in [6.45, 7) is 6.64. The second kappa shape index (κ2) is 5.46. The van der Waals surface area contributed by atoms with Gasteiger partial charge in [-0.3, -0.25) is 0 Å². The Labute approximate surface area is 97.9 Å². The summed E-state index contributed by atoms with van der Waals surface area (Å²) in [5, 5.41) is 18.4. The molecule has 1 aromatic carbocycles. The van der Waals surface area contributed by atoms with Gasteiger partial charge in [-0.1, -0.05) is 45.4 Å². The Morgan fingerprint density at radius 3 is 1.88 bits per heavy atom. The van der Waals surface area contributed by atoms with Crippen LogP contribution >= 0.6 is 0 Å². The zero-order valence-electron chi connectivity index (χ0n) is 10.5. The van der Waals surface area contributed by atoms with Gasteiger partial charge in [0.25, 0.3) is 0 Å². The maximum Gasteiger partial charge on any atom is 0.0682 e. The zero-order chi connectivity index (χ0) is 12.2. The molecular formula is C14H22O2. The van der Waals surface area contributed by atoms with Crippen LogP contribution in [-0.2, 0) is 18.6 Å². The molecule has 0 unspecified atom stereocenters. The molecule has 0 saturated carbocycles. The molecule has 2 heteroatoms. The molecule has 0 fully saturated rings. The molecule has 0 bridgehead atoms. The highest BCUT2D eigenvalue weighted by Crippen LogP contribution is 2.30. The Balaban J connectivity index is 3.11. The molecule has 0 aliphatic heterocycles. The number of hydrogen-bond donors (Lipinski definition) is 2. The van der Waals surface area contributed by atoms with Crippen LogP contribution in [0.2, 0.25) is 0 Å². The molecule has 1 aromatic rings. The lowest BCUT2D eigenvalue weighted by molar-refractivity contribution is 0.274. The highest BCUT2D eigenvalue weighted by molar-refractivity contribution is 5.34. The van der Waals surface area contributed by atoms with Crippen LogP contribution in [0.1, 0.15) is 50.3 Å². The van der Waals surface area contributed by atoms with Gasteiger partial charge in [0.2, 0.25) is 0 Å². The summed E-state index contributed by atoms with van der Waals surface area (Å²) in [7, 11) is 0. The summed E-state index contributed by atoms with van der Waals surface area (Å²) < 4.78 is 0. The predicted octanol–water partition coefficient (Wildman–Crippen LogP) is 2.75. The maximum absolute atomic E-state index is 9.20. The summed E-state index contributed by atoms with van der Waals surface area (Å²) in [5.74, 6) is 0. The van der Waals surface area contributed by atoms with Crippen molar-refractivity contribution < 1.29 is 10.2 Å². The molecule has 0 aromatic heterocycles. The van der Waals surface area contributed by atoms with E-state index in [1.54, 1.807) is 0 Å². The van der Waals surface area contributed by atoms with Gasteiger partial charge in [-0.2, -0.15) is 0 Å². The largest absolute Gasteiger partial charge is 0.392 e. The van der Waals surface area contributed by atoms with Crippen molar-refractivity contribution in [2.24, 2.45) is 0 Å². The van der Waals surface area contributed by atoms with Crippen molar-refractivity contribution in [3.05, 3.63) is 34.9 Å². The van der Waals surface area contributed by atoms with Crippen LogP contribution in [0.3, 0.4) is 0 Å². The average molecular weight is 222 g/mol. The molecule has 16 heavy (non-hydrogen) atoms. The van der Waals surface area contributed by atoms with Gasteiger partial charge >= 0.3 is 0 Å². The van der Waals surface area contributed by atoms with Crippen LogP contribution in [0, 0.1) is 0 Å². The van der Waals surface area contributed by atoms with Crippen molar-refractivity contribution in [3.63, 3.8) is 0 Å². The smallest absolute Gasteiger partial charge is 0.0682 e. The average Bonchev–Trinajstić information content (AvgIpc) is 2.28. The predicted molar refractivity (Wildman–Crippen MR) is 66.2 cm³/mol. The van der Waals surface area contributed by atoms with Crippen molar-refractivity contribution in [2.45, 2.75) is 52.2 Å². The fraction of sp³-hybridized carbons (Fsp3) is 0.571. The number of aliphatic hydroxyl groups excluding tert-OH is 2. The van der Waals surface area contributed by atoms with Crippen molar-refractivity contribution in [3.8, 4) is 0 Å². The Morgan fingerprint density at radius 1 is 1.00 bits per heavy atom. The second-order valence-corrected chi connectivity index (χ2v) is 4.99. The van der Waals surface area contributed by atoms with Gasteiger partial charge in [-0.25, -0.2) is 0 Å². The Hall–Kier alpha value is -0.860. The van der Waals surface area contributed by atoms with Crippen molar-refractivity contribution >= 4 is 0 Å². The first-order chi connectivity index (χ1) is 7.53. The van der Waals surface area contributed by atoms with Gasteiger partial charge in [0.05, 0.1) is 13.2 Å². The fourth-order valence-corrected chi connectivity index (χ4v) is 2.11. The standard InChI is InChI=1S/C14H22O2/c1-4-5-14(2,3)13-7-11(9-15)6-12(8-13)10-16/h6-8,15-16H,4-5,9-10H2,1-3H3. The van der Waals surface area contributed by atoms with E-state index in [0.29, 0.717) is 0 Å². The van der Waals surface area contributed by atoms with Gasteiger partial charge in [-0.15, -0.1) is 0 Å². The van der Waals surface area contributed by atoms with E-state index in [2.05, 4.69) is 20.8 Å². The SMILES string of the molecule is CCCC(C)(C)c1cc(CO)cc(CO)c1. The number of rotatable bonds is 5. The summed E-state index contributed by atoms with van der Waals surface area (Å²) in [5.41, 5.74) is 3.06. The van der Waals surface area contributed by atoms with E-state index in [0.717, 1.165) is 24.0 Å². The molecule has 0 heterocycles. The van der Waals surface area contributed by atoms with E-state index in [1.807, 2.05) is 18.2 Å². The van der Waals surface area contributed by atoms with E-state index < -0.39 is 0 Å². The molecule has 90 valence electrons. The van der Waals surface area contributed by atoms with Crippen LogP contribution in [0.5, 0.6) is 0 Å². The van der Waals surface area contributed by atoms with E-state index in [4.69, 9.17) is 0 Å². The lowest BCUT2D eigenvalue weighted by Gasteiger charge is -2.26. The summed E-state index contributed by atoms with van der Waals surface area (Å²) in [6.07, 6.45) is 2.23. The summed E-state index contributed by atoms with van der Waals surface area (Å²) in [4.78, 5) is 0. The first-order valence-corrected chi connectivity index (χ1v) is 5.88. The maximum atomic E-state index is 9.20. The Morgan fingerprint density at radius 2 is 1.50 bits per heavy atom. The molecular weight excluding hydrogens is 200 g/mol. The van der Waals surface area contributed by atoms with Crippen LogP contribution in [0.15, 0.2) is 18.2 Å². The van der Waals surface area contributed by atoms with Gasteiger partial charge in [-0.05, 0) is 28.5 Å². The first-order valence-electron chi connectivity index (χ1n) is 5.88. The zero-order valence-corrected chi connectivity index (χ0v) is 10.5. The molecule has 1 rings (SSSR count). The minimum Gasteiger partial charge on any atom is -0.392 e. The number of benzene rings is 1. The highest BCUT2D eigenvalue weighted by Gasteiger charge is 2.20. The molecule has 2 N–H and O–H groups in total. The molecule has 0 radical (unpaired) electrons. The van der Waals surface area contributed by atoms with Crippen LogP contribution < -0.4 is 0 Å². The normalized spacial score (nSPS) is 11.8. The van der Waals surface area contributed by atoms with Crippen molar-refractivity contribution in [1.29, 1.82) is 0 Å². The van der Waals surface area contributed by atoms with E-state index >= 15 is 0 Å². The monoisotopic (exact) mass is 222 g/mol. The molecule has 0 aliphatic carbocycles. The van der Waals surface area contributed by atoms with E-state index in [-0.39, 0.29) is 18.6 Å². The topological polar surface area (TPSA) is 40.5 Å². The van der Waals surface area contributed by atoms with Crippen molar-refractivity contribution in [1.82, 2.24) is 0 Å². The lowest BCUT2D eigenvalue weighted by atomic mass is 9.79. The van der Waals surface area contributed by atoms with Gasteiger partial charge in [0.1, 0.15) is 0 Å². The minimum absolute atomic E-state index is 0.0308. The summed E-state index contributed by atoms with van der Waals surface area (Å²) >= 11 is 0. The van der Waals surface area contributed by atoms with E-state index in [9.17, 15) is 10.2 Å². The molecule has 0 amide bonds. The van der Waals surface area contributed by atoms with Crippen LogP contribution in [0.4, 0.5) is 0 Å². The fourth-order valence-electron chi connectivity index (χ4n) is 2.11. The van der Waals surface area contributed by atoms with Crippen LogP contribution in [-0.4, -0.2) is 10.2 Å². The third kappa shape index (κ3) is 3.06. The molecule has 2 nitrogen and oxygen atoms in total. The van der Waals surface area contributed by atoms with E-state index in [1.165, 1.54) is 5.56 Å². The van der Waals surface area contributed by atoms with Gasteiger partial charge in [0, 0.05) is 0 Å². The number of hydrogen-bond acceptors (Lipinski definition) is 2. The Bertz CT molecular complexity index is 320. The van der Waals surface area contributed by atoms with Gasteiger partial charge < -0.3 is 10.2 Å². The highest BCUT2D eigenvalue weighted by atomic mass is 16.3.